The Morgan fingerprint density at radius 2 is 1.85 bits per heavy atom. The highest BCUT2D eigenvalue weighted by molar-refractivity contribution is 5.55. The molecule has 1 fully saturated rings. The fourth-order valence-electron chi connectivity index (χ4n) is 1.73. The van der Waals surface area contributed by atoms with Gasteiger partial charge in [0, 0.05) is 31.9 Å². The smallest absolute Gasteiger partial charge is 0.0399 e. The van der Waals surface area contributed by atoms with E-state index in [2.05, 4.69) is 35.3 Å². The average Bonchev–Trinajstić information content (AvgIpc) is 2.20. The first-order valence-electron chi connectivity index (χ1n) is 4.74. The van der Waals surface area contributed by atoms with Crippen molar-refractivity contribution in [1.82, 2.24) is 5.32 Å². The van der Waals surface area contributed by atoms with E-state index in [-0.39, 0.29) is 0 Å². The van der Waals surface area contributed by atoms with E-state index in [9.17, 15) is 0 Å². The molecule has 1 heterocycles. The maximum atomic E-state index is 4.03. The zero-order valence-electron chi connectivity index (χ0n) is 7.79. The van der Waals surface area contributed by atoms with Gasteiger partial charge in [-0.2, -0.15) is 0 Å². The Kier molecular flexibility index (Phi) is 2.50. The normalized spacial score (nSPS) is 17.5. The van der Waals surface area contributed by atoms with E-state index in [0.29, 0.717) is 0 Å². The second-order valence-corrected chi connectivity index (χ2v) is 3.37. The van der Waals surface area contributed by atoms with E-state index in [1.54, 1.807) is 0 Å². The number of nitrogens with zero attached hydrogens (tertiary/aromatic N) is 1. The van der Waals surface area contributed by atoms with E-state index >= 15 is 0 Å². The van der Waals surface area contributed by atoms with Gasteiger partial charge in [-0.1, -0.05) is 18.2 Å². The highest BCUT2D eigenvalue weighted by Gasteiger charge is 2.11. The standard InChI is InChI=1S/C11H15N2/c1-10-4-2-3-5-11(10)13-8-6-12-7-9-13/h2-5,12H,1,6-9H2. The van der Waals surface area contributed by atoms with Crippen molar-refractivity contribution in [3.63, 3.8) is 0 Å². The van der Waals surface area contributed by atoms with Crippen molar-refractivity contribution in [2.24, 2.45) is 0 Å². The number of nitrogens with one attached hydrogen (secondary N) is 1. The third-order valence-corrected chi connectivity index (χ3v) is 2.45. The molecule has 1 N–H and O–H groups in total. The van der Waals surface area contributed by atoms with Crippen LogP contribution in [0.1, 0.15) is 5.56 Å². The van der Waals surface area contributed by atoms with Crippen LogP contribution < -0.4 is 10.2 Å². The number of hydrogen-bond acceptors (Lipinski definition) is 2. The van der Waals surface area contributed by atoms with Gasteiger partial charge in [-0.05, 0) is 18.6 Å². The quantitative estimate of drug-likeness (QED) is 0.691. The van der Waals surface area contributed by atoms with Crippen LogP contribution in [0.15, 0.2) is 24.3 Å². The Labute approximate surface area is 79.6 Å². The molecule has 2 heteroatoms. The van der Waals surface area contributed by atoms with Crippen molar-refractivity contribution < 1.29 is 0 Å². The maximum Gasteiger partial charge on any atom is 0.0399 e. The fourth-order valence-corrected chi connectivity index (χ4v) is 1.73. The molecule has 0 aromatic heterocycles. The summed E-state index contributed by atoms with van der Waals surface area (Å²) in [5.41, 5.74) is 2.41. The highest BCUT2D eigenvalue weighted by Crippen LogP contribution is 2.19. The second-order valence-electron chi connectivity index (χ2n) is 3.37. The Morgan fingerprint density at radius 1 is 1.15 bits per heavy atom. The van der Waals surface area contributed by atoms with Gasteiger partial charge >= 0.3 is 0 Å². The molecule has 1 aromatic rings. The summed E-state index contributed by atoms with van der Waals surface area (Å²) in [5.74, 6) is 0. The van der Waals surface area contributed by atoms with Gasteiger partial charge in [-0.25, -0.2) is 0 Å². The van der Waals surface area contributed by atoms with Crippen LogP contribution in [-0.2, 0) is 0 Å². The molecule has 0 unspecified atom stereocenters. The van der Waals surface area contributed by atoms with Gasteiger partial charge in [-0.15, -0.1) is 0 Å². The van der Waals surface area contributed by atoms with Gasteiger partial charge < -0.3 is 10.2 Å². The van der Waals surface area contributed by atoms with Gasteiger partial charge in [-0.3, -0.25) is 0 Å². The molecule has 1 radical (unpaired) electrons. The summed E-state index contributed by atoms with van der Waals surface area (Å²) in [4.78, 5) is 2.39. The first-order chi connectivity index (χ1) is 6.38. The molecule has 1 aliphatic heterocycles. The third-order valence-electron chi connectivity index (χ3n) is 2.45. The first-order valence-corrected chi connectivity index (χ1v) is 4.74. The van der Waals surface area contributed by atoms with E-state index in [0.717, 1.165) is 31.7 Å². The van der Waals surface area contributed by atoms with Crippen molar-refractivity contribution in [2.45, 2.75) is 0 Å². The lowest BCUT2D eigenvalue weighted by Crippen LogP contribution is -2.43. The molecule has 1 saturated heterocycles. The monoisotopic (exact) mass is 175 g/mol. The van der Waals surface area contributed by atoms with Crippen LogP contribution in [0.3, 0.4) is 0 Å². The van der Waals surface area contributed by atoms with Crippen LogP contribution >= 0.6 is 0 Å². The molecule has 0 spiro atoms. The Balaban J connectivity index is 2.18. The minimum absolute atomic E-state index is 1.08. The van der Waals surface area contributed by atoms with Crippen LogP contribution in [0.4, 0.5) is 5.69 Å². The van der Waals surface area contributed by atoms with Crippen molar-refractivity contribution in [2.75, 3.05) is 31.1 Å². The molecule has 0 atom stereocenters. The Morgan fingerprint density at radius 3 is 2.54 bits per heavy atom. The molecule has 1 aliphatic rings. The van der Waals surface area contributed by atoms with E-state index < -0.39 is 0 Å². The van der Waals surface area contributed by atoms with E-state index in [4.69, 9.17) is 0 Å². The lowest BCUT2D eigenvalue weighted by Gasteiger charge is -2.30. The van der Waals surface area contributed by atoms with Crippen LogP contribution in [0.25, 0.3) is 0 Å². The SMILES string of the molecule is [CH2]c1ccccc1N1CCNCC1. The summed E-state index contributed by atoms with van der Waals surface area (Å²) in [6.45, 7) is 8.37. The van der Waals surface area contributed by atoms with Crippen molar-refractivity contribution in [1.29, 1.82) is 0 Å². The van der Waals surface area contributed by atoms with Gasteiger partial charge in [0.1, 0.15) is 0 Å². The molecule has 0 saturated carbocycles. The number of hydrogen-bond donors (Lipinski definition) is 1. The number of piperazine rings is 1. The van der Waals surface area contributed by atoms with Crippen LogP contribution in [-0.4, -0.2) is 26.2 Å². The van der Waals surface area contributed by atoms with Crippen LogP contribution in [0, 0.1) is 6.92 Å². The molecule has 2 nitrogen and oxygen atoms in total. The van der Waals surface area contributed by atoms with Gasteiger partial charge in [0.15, 0.2) is 0 Å². The number of para-hydroxylation sites is 1. The minimum atomic E-state index is 1.08. The topological polar surface area (TPSA) is 15.3 Å². The summed E-state index contributed by atoms with van der Waals surface area (Å²) in [5, 5.41) is 3.34. The zero-order valence-corrected chi connectivity index (χ0v) is 7.79. The number of benzene rings is 1. The molecular weight excluding hydrogens is 160 g/mol. The lowest BCUT2D eigenvalue weighted by molar-refractivity contribution is 0.589. The molecule has 0 aliphatic carbocycles. The maximum absolute atomic E-state index is 4.03. The molecule has 1 aromatic carbocycles. The summed E-state index contributed by atoms with van der Waals surface area (Å²) < 4.78 is 0. The molecule has 0 amide bonds. The predicted octanol–water partition coefficient (Wildman–Crippen LogP) is 1.28. The molecule has 13 heavy (non-hydrogen) atoms. The summed E-state index contributed by atoms with van der Waals surface area (Å²) in [6.07, 6.45) is 0. The second kappa shape index (κ2) is 3.79. The van der Waals surface area contributed by atoms with Crippen molar-refractivity contribution >= 4 is 5.69 Å². The van der Waals surface area contributed by atoms with Crippen molar-refractivity contribution in [3.8, 4) is 0 Å². The molecule has 2 rings (SSSR count). The van der Waals surface area contributed by atoms with Gasteiger partial charge in [0.2, 0.25) is 0 Å². The minimum Gasteiger partial charge on any atom is -0.369 e. The molecular formula is C11H15N2. The highest BCUT2D eigenvalue weighted by atomic mass is 15.2. The molecule has 0 bridgehead atoms. The number of anilines is 1. The predicted molar refractivity (Wildman–Crippen MR) is 56.0 cm³/mol. The van der Waals surface area contributed by atoms with Crippen LogP contribution in [0.5, 0.6) is 0 Å². The lowest BCUT2D eigenvalue weighted by atomic mass is 10.1. The molecule has 69 valence electrons. The number of rotatable bonds is 1. The van der Waals surface area contributed by atoms with E-state index in [1.807, 2.05) is 6.07 Å². The Bertz CT molecular complexity index is 277. The summed E-state index contributed by atoms with van der Waals surface area (Å²) in [7, 11) is 0. The Hall–Kier alpha value is -1.02. The zero-order chi connectivity index (χ0) is 9.10. The van der Waals surface area contributed by atoms with Gasteiger partial charge in [0.05, 0.1) is 0 Å². The third kappa shape index (κ3) is 1.83. The summed E-state index contributed by atoms with van der Waals surface area (Å²) >= 11 is 0. The van der Waals surface area contributed by atoms with Gasteiger partial charge in [0.25, 0.3) is 0 Å². The van der Waals surface area contributed by atoms with Crippen LogP contribution in [0.2, 0.25) is 0 Å². The largest absolute Gasteiger partial charge is 0.369 e. The van der Waals surface area contributed by atoms with Crippen molar-refractivity contribution in [3.05, 3.63) is 36.8 Å². The first kappa shape index (κ1) is 8.57. The fraction of sp³-hybridized carbons (Fsp3) is 0.364. The van der Waals surface area contributed by atoms with E-state index in [1.165, 1.54) is 5.69 Å². The average molecular weight is 175 g/mol. The summed E-state index contributed by atoms with van der Waals surface area (Å²) in [6, 6.07) is 8.32.